The number of benzene rings is 1. The minimum atomic E-state index is -3.68. The zero-order chi connectivity index (χ0) is 13.6. The number of rotatable bonds is 2. The number of hydrogen-bond acceptors (Lipinski definition) is 6. The van der Waals surface area contributed by atoms with E-state index in [1.54, 1.807) is 0 Å². The van der Waals surface area contributed by atoms with Gasteiger partial charge in [0, 0.05) is 12.1 Å². The molecule has 0 saturated heterocycles. The summed E-state index contributed by atoms with van der Waals surface area (Å²) in [6.45, 7) is 0. The minimum Gasteiger partial charge on any atom is -0.395 e. The molecule has 19 heavy (non-hydrogen) atoms. The van der Waals surface area contributed by atoms with Gasteiger partial charge >= 0.3 is 6.29 Å². The quantitative estimate of drug-likeness (QED) is 0.788. The van der Waals surface area contributed by atoms with Gasteiger partial charge in [0.15, 0.2) is 11.5 Å². The number of imidazole rings is 1. The molecule has 0 radical (unpaired) electrons. The molecule has 0 fully saturated rings. The molecule has 3 rings (SSSR count). The highest BCUT2D eigenvalue weighted by atomic mass is 32.2. The summed E-state index contributed by atoms with van der Waals surface area (Å²) in [6, 6.07) is 4.50. The first-order valence-electron chi connectivity index (χ1n) is 4.97. The van der Waals surface area contributed by atoms with Crippen molar-refractivity contribution >= 4 is 23.3 Å². The molecule has 9 heteroatoms. The number of nitriles is 1. The van der Waals surface area contributed by atoms with Gasteiger partial charge in [-0.2, -0.15) is 5.26 Å². The molecule has 2 heterocycles. The maximum Gasteiger partial charge on any atom is 0.586 e. The Bertz CT molecular complexity index is 710. The summed E-state index contributed by atoms with van der Waals surface area (Å²) in [6.07, 6.45) is -3.68. The van der Waals surface area contributed by atoms with E-state index >= 15 is 0 Å². The standard InChI is InChI=1S/C10H5F2N3O3S/c1-16-19-15-6-3-8-7(17-10(11,12)18-8)2-5(6)14-9(15)4-13/h2-3H,1H3. The van der Waals surface area contributed by atoms with Crippen molar-refractivity contribution < 1.29 is 22.4 Å². The van der Waals surface area contributed by atoms with Crippen molar-refractivity contribution in [3.63, 3.8) is 0 Å². The molecule has 1 aromatic heterocycles. The van der Waals surface area contributed by atoms with Gasteiger partial charge in [0.25, 0.3) is 0 Å². The molecule has 0 bridgehead atoms. The van der Waals surface area contributed by atoms with Crippen LogP contribution < -0.4 is 9.47 Å². The van der Waals surface area contributed by atoms with Crippen LogP contribution in [0.15, 0.2) is 12.1 Å². The van der Waals surface area contributed by atoms with Crippen LogP contribution in [0.3, 0.4) is 0 Å². The number of ether oxygens (including phenoxy) is 2. The number of hydrogen-bond donors (Lipinski definition) is 0. The molecule has 0 spiro atoms. The molecule has 0 atom stereocenters. The minimum absolute atomic E-state index is 0.0808. The lowest BCUT2D eigenvalue weighted by Gasteiger charge is -2.04. The second-order valence-electron chi connectivity index (χ2n) is 3.54. The van der Waals surface area contributed by atoms with Crippen LogP contribution in [0.25, 0.3) is 11.0 Å². The Morgan fingerprint density at radius 3 is 2.74 bits per heavy atom. The average Bonchev–Trinajstić information content (AvgIpc) is 2.82. The second-order valence-corrected chi connectivity index (χ2v) is 4.39. The van der Waals surface area contributed by atoms with Crippen LogP contribution in [0.5, 0.6) is 11.5 Å². The summed E-state index contributed by atoms with van der Waals surface area (Å²) in [5.74, 6) is -0.147. The monoisotopic (exact) mass is 285 g/mol. The molecular formula is C10H5F2N3O3S. The Labute approximate surface area is 109 Å². The van der Waals surface area contributed by atoms with Crippen molar-refractivity contribution in [3.05, 3.63) is 18.0 Å². The van der Waals surface area contributed by atoms with Crippen LogP contribution in [0.2, 0.25) is 0 Å². The molecule has 6 nitrogen and oxygen atoms in total. The van der Waals surface area contributed by atoms with E-state index < -0.39 is 6.29 Å². The van der Waals surface area contributed by atoms with E-state index in [0.29, 0.717) is 11.0 Å². The van der Waals surface area contributed by atoms with Gasteiger partial charge in [0.2, 0.25) is 5.82 Å². The zero-order valence-corrected chi connectivity index (χ0v) is 10.2. The highest BCUT2D eigenvalue weighted by molar-refractivity contribution is 7.93. The van der Waals surface area contributed by atoms with E-state index in [1.165, 1.54) is 23.2 Å². The van der Waals surface area contributed by atoms with Gasteiger partial charge in [-0.3, -0.25) is 4.18 Å². The molecule has 0 aliphatic carbocycles. The first-order valence-corrected chi connectivity index (χ1v) is 5.67. The maximum absolute atomic E-state index is 12.9. The van der Waals surface area contributed by atoms with E-state index in [9.17, 15) is 8.78 Å². The SMILES string of the molecule is COSn1c(C#N)nc2cc3c(cc21)OC(F)(F)O3. The van der Waals surface area contributed by atoms with Crippen LogP contribution in [0.4, 0.5) is 8.78 Å². The molecule has 2 aromatic rings. The van der Waals surface area contributed by atoms with E-state index in [4.69, 9.17) is 9.44 Å². The Morgan fingerprint density at radius 1 is 1.42 bits per heavy atom. The van der Waals surface area contributed by atoms with Crippen LogP contribution in [-0.2, 0) is 4.18 Å². The third kappa shape index (κ3) is 1.85. The van der Waals surface area contributed by atoms with Gasteiger partial charge in [-0.1, -0.05) is 0 Å². The van der Waals surface area contributed by atoms with Crippen molar-refractivity contribution in [2.75, 3.05) is 7.11 Å². The van der Waals surface area contributed by atoms with Crippen LogP contribution >= 0.6 is 12.2 Å². The van der Waals surface area contributed by atoms with Gasteiger partial charge in [-0.25, -0.2) is 8.96 Å². The number of aromatic nitrogens is 2. The third-order valence-corrected chi connectivity index (χ3v) is 3.05. The van der Waals surface area contributed by atoms with E-state index in [1.807, 2.05) is 6.07 Å². The largest absolute Gasteiger partial charge is 0.586 e. The van der Waals surface area contributed by atoms with Crippen molar-refractivity contribution in [3.8, 4) is 17.6 Å². The summed E-state index contributed by atoms with van der Waals surface area (Å²) in [7, 11) is 1.42. The van der Waals surface area contributed by atoms with E-state index in [0.717, 1.165) is 12.2 Å². The van der Waals surface area contributed by atoms with E-state index in [-0.39, 0.29) is 17.3 Å². The number of halogens is 2. The first kappa shape index (κ1) is 12.0. The summed E-state index contributed by atoms with van der Waals surface area (Å²) < 4.78 is 40.8. The molecule has 1 aliphatic rings. The van der Waals surface area contributed by atoms with Crippen molar-refractivity contribution in [2.24, 2.45) is 0 Å². The van der Waals surface area contributed by atoms with Gasteiger partial charge in [0.1, 0.15) is 18.3 Å². The van der Waals surface area contributed by atoms with E-state index in [2.05, 4.69) is 14.5 Å². The van der Waals surface area contributed by atoms with Crippen molar-refractivity contribution in [2.45, 2.75) is 6.29 Å². The molecule has 1 aromatic carbocycles. The first-order chi connectivity index (χ1) is 9.04. The Balaban J connectivity index is 2.20. The predicted octanol–water partition coefficient (Wildman–Crippen LogP) is 2.29. The Hall–Kier alpha value is -2.05. The predicted molar refractivity (Wildman–Crippen MR) is 60.6 cm³/mol. The lowest BCUT2D eigenvalue weighted by atomic mass is 10.3. The Morgan fingerprint density at radius 2 is 2.11 bits per heavy atom. The Kier molecular flexibility index (Phi) is 2.51. The summed E-state index contributed by atoms with van der Waals surface area (Å²) in [5, 5.41) is 8.95. The number of nitrogens with zero attached hydrogens (tertiary/aromatic N) is 3. The summed E-state index contributed by atoms with van der Waals surface area (Å²) in [4.78, 5) is 4.00. The fraction of sp³-hybridized carbons (Fsp3) is 0.200. The van der Waals surface area contributed by atoms with Crippen molar-refractivity contribution in [1.82, 2.24) is 8.96 Å². The summed E-state index contributed by atoms with van der Waals surface area (Å²) >= 11 is 0.856. The van der Waals surface area contributed by atoms with Gasteiger partial charge < -0.3 is 9.47 Å². The lowest BCUT2D eigenvalue weighted by molar-refractivity contribution is -0.286. The van der Waals surface area contributed by atoms with Crippen molar-refractivity contribution in [1.29, 1.82) is 5.26 Å². The normalized spacial score (nSPS) is 15.7. The maximum atomic E-state index is 12.9. The fourth-order valence-electron chi connectivity index (χ4n) is 1.72. The number of alkyl halides is 2. The molecule has 0 amide bonds. The molecule has 98 valence electrons. The molecule has 0 N–H and O–H groups in total. The van der Waals surface area contributed by atoms with Gasteiger partial charge in [-0.15, -0.1) is 8.78 Å². The van der Waals surface area contributed by atoms with Crippen LogP contribution in [0, 0.1) is 11.3 Å². The lowest BCUT2D eigenvalue weighted by Crippen LogP contribution is -2.25. The number of fused-ring (bicyclic) bond motifs is 2. The van der Waals surface area contributed by atoms with Crippen LogP contribution in [0.1, 0.15) is 5.82 Å². The summed E-state index contributed by atoms with van der Waals surface area (Å²) in [5.41, 5.74) is 0.754. The van der Waals surface area contributed by atoms with Crippen LogP contribution in [-0.4, -0.2) is 22.4 Å². The smallest absolute Gasteiger partial charge is 0.395 e. The zero-order valence-electron chi connectivity index (χ0n) is 9.39. The fourth-order valence-corrected chi connectivity index (χ4v) is 2.25. The molecule has 0 unspecified atom stereocenters. The second kappa shape index (κ2) is 3.97. The molecule has 1 aliphatic heterocycles. The highest BCUT2D eigenvalue weighted by Gasteiger charge is 2.43. The molecular weight excluding hydrogens is 280 g/mol. The van der Waals surface area contributed by atoms with Gasteiger partial charge in [-0.05, 0) is 0 Å². The highest BCUT2D eigenvalue weighted by Crippen LogP contribution is 2.43. The molecule has 0 saturated carbocycles. The van der Waals surface area contributed by atoms with Gasteiger partial charge in [0.05, 0.1) is 18.1 Å². The average molecular weight is 285 g/mol. The topological polar surface area (TPSA) is 69.3 Å². The third-order valence-electron chi connectivity index (χ3n) is 2.39.